The highest BCUT2D eigenvalue weighted by atomic mass is 35.5. The Balaban J connectivity index is 1.22. The van der Waals surface area contributed by atoms with E-state index in [1.54, 1.807) is 48.0 Å². The first-order valence-corrected chi connectivity index (χ1v) is 13.3. The average Bonchev–Trinajstić information content (AvgIpc) is 3.69. The molecule has 192 valence electrons. The molecule has 1 aliphatic rings. The van der Waals surface area contributed by atoms with E-state index in [9.17, 15) is 14.4 Å². The lowest BCUT2D eigenvalue weighted by Crippen LogP contribution is -2.31. The Labute approximate surface area is 232 Å². The monoisotopic (exact) mass is 553 g/mol. The first kappa shape index (κ1) is 24.7. The van der Waals surface area contributed by atoms with Crippen molar-refractivity contribution >= 4 is 45.8 Å². The zero-order valence-electron chi connectivity index (χ0n) is 20.3. The molecule has 3 amide bonds. The number of hydrogen-bond donors (Lipinski definition) is 2. The van der Waals surface area contributed by atoms with Crippen LogP contribution in [0.1, 0.15) is 36.8 Å². The topological polar surface area (TPSA) is 108 Å². The number of imide groups is 1. The van der Waals surface area contributed by atoms with Crippen LogP contribution in [0.25, 0.3) is 22.6 Å². The highest BCUT2D eigenvalue weighted by molar-refractivity contribution is 7.13. The summed E-state index contributed by atoms with van der Waals surface area (Å²) in [5.74, 6) is -0.357. The molecule has 0 spiro atoms. The minimum Gasteiger partial charge on any atom is -0.333 e. The van der Waals surface area contributed by atoms with Crippen molar-refractivity contribution in [3.8, 4) is 22.6 Å². The van der Waals surface area contributed by atoms with Gasteiger partial charge in [0.15, 0.2) is 5.13 Å². The van der Waals surface area contributed by atoms with Crippen molar-refractivity contribution in [2.45, 2.75) is 6.42 Å². The van der Waals surface area contributed by atoms with Crippen molar-refractivity contribution in [1.29, 1.82) is 0 Å². The summed E-state index contributed by atoms with van der Waals surface area (Å²) in [7, 11) is 0. The largest absolute Gasteiger partial charge is 0.333 e. The fraction of sp³-hybridized carbons (Fsp3) is 0.0690. The molecule has 0 fully saturated rings. The molecular weight excluding hydrogens is 534 g/mol. The molecule has 3 aromatic carbocycles. The fourth-order valence-corrected chi connectivity index (χ4v) is 5.10. The Hall–Kier alpha value is -4.60. The molecule has 0 atom stereocenters. The van der Waals surface area contributed by atoms with E-state index in [0.717, 1.165) is 16.7 Å². The van der Waals surface area contributed by atoms with Crippen molar-refractivity contribution in [2.24, 2.45) is 0 Å². The second kappa shape index (κ2) is 10.3. The summed E-state index contributed by atoms with van der Waals surface area (Å²) in [6.45, 7) is 0.286. The van der Waals surface area contributed by atoms with Crippen LogP contribution >= 0.6 is 22.9 Å². The molecule has 10 heteroatoms. The number of benzene rings is 3. The summed E-state index contributed by atoms with van der Waals surface area (Å²) < 4.78 is 0. The summed E-state index contributed by atoms with van der Waals surface area (Å²) >= 11 is 7.39. The van der Waals surface area contributed by atoms with Crippen LogP contribution < -0.4 is 5.32 Å². The number of thiazole rings is 1. The van der Waals surface area contributed by atoms with E-state index >= 15 is 0 Å². The van der Waals surface area contributed by atoms with E-state index in [4.69, 9.17) is 16.6 Å². The number of amides is 3. The number of carbonyl (C=O) groups is 3. The highest BCUT2D eigenvalue weighted by Crippen LogP contribution is 2.29. The zero-order chi connectivity index (χ0) is 26.9. The highest BCUT2D eigenvalue weighted by Gasteiger charge is 2.34. The van der Waals surface area contributed by atoms with Gasteiger partial charge in [0, 0.05) is 34.3 Å². The first-order chi connectivity index (χ1) is 19.0. The summed E-state index contributed by atoms with van der Waals surface area (Å²) in [4.78, 5) is 51.7. The van der Waals surface area contributed by atoms with Crippen LogP contribution in [0.3, 0.4) is 0 Å². The molecule has 0 radical (unpaired) electrons. The molecule has 8 nitrogen and oxygen atoms in total. The lowest BCUT2D eigenvalue weighted by molar-refractivity contribution is 0.0656. The van der Waals surface area contributed by atoms with Gasteiger partial charge in [-0.1, -0.05) is 60.1 Å². The van der Waals surface area contributed by atoms with Gasteiger partial charge in [0.1, 0.15) is 17.2 Å². The molecule has 3 heterocycles. The number of aromatic amines is 1. The van der Waals surface area contributed by atoms with Gasteiger partial charge in [-0.05, 0) is 36.2 Å². The molecule has 0 bridgehead atoms. The summed E-state index contributed by atoms with van der Waals surface area (Å²) in [6, 6.07) is 21.6. The van der Waals surface area contributed by atoms with Crippen LogP contribution in [0.15, 0.2) is 84.4 Å². The van der Waals surface area contributed by atoms with Gasteiger partial charge in [0.05, 0.1) is 11.1 Å². The molecule has 6 rings (SSSR count). The van der Waals surface area contributed by atoms with Crippen molar-refractivity contribution < 1.29 is 14.4 Å². The minimum atomic E-state index is -0.355. The Kier molecular flexibility index (Phi) is 6.52. The predicted octanol–water partition coefficient (Wildman–Crippen LogP) is 5.94. The van der Waals surface area contributed by atoms with Gasteiger partial charge in [0.2, 0.25) is 0 Å². The Bertz CT molecular complexity index is 1660. The molecule has 2 aromatic heterocycles. The molecule has 1 aliphatic heterocycles. The summed E-state index contributed by atoms with van der Waals surface area (Å²) in [5.41, 5.74) is 4.17. The normalized spacial score (nSPS) is 12.6. The Morgan fingerprint density at radius 1 is 0.923 bits per heavy atom. The predicted molar refractivity (Wildman–Crippen MR) is 150 cm³/mol. The average molecular weight is 554 g/mol. The maximum absolute atomic E-state index is 13.1. The third-order valence-corrected chi connectivity index (χ3v) is 7.37. The molecule has 5 aromatic rings. The number of halogens is 1. The van der Waals surface area contributed by atoms with Gasteiger partial charge < -0.3 is 4.98 Å². The number of nitrogens with one attached hydrogen (secondary N) is 2. The van der Waals surface area contributed by atoms with Crippen LogP contribution in [0, 0.1) is 0 Å². The van der Waals surface area contributed by atoms with Gasteiger partial charge in [-0.15, -0.1) is 11.3 Å². The zero-order valence-corrected chi connectivity index (χ0v) is 21.9. The standard InChI is InChI=1S/C29H20ClN5O3S/c30-20-11-9-18(10-12-20)23-24(26(36)34-29-31-14-16-39-29)33-25(32-23)19-7-5-17(6-8-19)13-15-35-27(37)21-3-1-2-4-22(21)28(35)38/h1-12,14,16H,13,15H2,(H,32,33)(H,31,34,36). The molecule has 2 N–H and O–H groups in total. The first-order valence-electron chi connectivity index (χ1n) is 12.1. The van der Waals surface area contributed by atoms with Crippen molar-refractivity contribution in [3.63, 3.8) is 0 Å². The molecule has 0 saturated heterocycles. The number of H-pyrrole nitrogens is 1. The van der Waals surface area contributed by atoms with Crippen molar-refractivity contribution in [3.05, 3.63) is 112 Å². The number of nitrogens with zero attached hydrogens (tertiary/aromatic N) is 3. The molecule has 39 heavy (non-hydrogen) atoms. The molecule has 0 unspecified atom stereocenters. The van der Waals surface area contributed by atoms with E-state index in [0.29, 0.717) is 44.9 Å². The second-order valence-corrected chi connectivity index (χ2v) is 10.2. The van der Waals surface area contributed by atoms with Crippen LogP contribution in [-0.2, 0) is 6.42 Å². The Morgan fingerprint density at radius 3 is 2.23 bits per heavy atom. The van der Waals surface area contributed by atoms with Gasteiger partial charge >= 0.3 is 0 Å². The molecule has 0 aliphatic carbocycles. The minimum absolute atomic E-state index is 0.263. The van der Waals surface area contributed by atoms with Crippen LogP contribution in [0.4, 0.5) is 5.13 Å². The lowest BCUT2D eigenvalue weighted by atomic mass is 10.1. The quantitative estimate of drug-likeness (QED) is 0.242. The maximum Gasteiger partial charge on any atom is 0.276 e. The van der Waals surface area contributed by atoms with Crippen LogP contribution in [0.2, 0.25) is 5.02 Å². The molecular formula is C29H20ClN5O3S. The number of fused-ring (bicyclic) bond motifs is 1. The Morgan fingerprint density at radius 2 is 1.59 bits per heavy atom. The number of anilines is 1. The number of aromatic nitrogens is 3. The SMILES string of the molecule is O=C(Nc1nccs1)c1[nH]c(-c2ccc(CCN3C(=O)c4ccccc4C3=O)cc2)nc1-c1ccc(Cl)cc1. The third kappa shape index (κ3) is 4.85. The van der Waals surface area contributed by atoms with Crippen LogP contribution in [0.5, 0.6) is 0 Å². The van der Waals surface area contributed by atoms with Gasteiger partial charge in [-0.2, -0.15) is 0 Å². The molecule has 0 saturated carbocycles. The van der Waals surface area contributed by atoms with E-state index in [1.807, 2.05) is 36.4 Å². The fourth-order valence-electron chi connectivity index (χ4n) is 4.45. The van der Waals surface area contributed by atoms with Crippen molar-refractivity contribution in [2.75, 3.05) is 11.9 Å². The smallest absolute Gasteiger partial charge is 0.276 e. The number of carbonyl (C=O) groups excluding carboxylic acids is 3. The van der Waals surface area contributed by atoms with Gasteiger partial charge in [-0.25, -0.2) is 9.97 Å². The summed E-state index contributed by atoms with van der Waals surface area (Å²) in [5, 5.41) is 5.65. The van der Waals surface area contributed by atoms with Crippen molar-refractivity contribution in [1.82, 2.24) is 19.9 Å². The van der Waals surface area contributed by atoms with E-state index in [2.05, 4.69) is 15.3 Å². The van der Waals surface area contributed by atoms with Crippen LogP contribution in [-0.4, -0.2) is 44.1 Å². The number of rotatable bonds is 7. The maximum atomic E-state index is 13.1. The van der Waals surface area contributed by atoms with E-state index in [-0.39, 0.29) is 24.3 Å². The second-order valence-electron chi connectivity index (χ2n) is 8.86. The lowest BCUT2D eigenvalue weighted by Gasteiger charge is -2.13. The van der Waals surface area contributed by atoms with E-state index < -0.39 is 0 Å². The summed E-state index contributed by atoms with van der Waals surface area (Å²) in [6.07, 6.45) is 2.14. The number of imidazole rings is 1. The van der Waals surface area contributed by atoms with Gasteiger partial charge in [0.25, 0.3) is 17.7 Å². The van der Waals surface area contributed by atoms with E-state index in [1.165, 1.54) is 16.2 Å². The van der Waals surface area contributed by atoms with Gasteiger partial charge in [-0.3, -0.25) is 24.6 Å². The number of hydrogen-bond acceptors (Lipinski definition) is 6. The third-order valence-electron chi connectivity index (χ3n) is 6.43.